The van der Waals surface area contributed by atoms with Crippen molar-refractivity contribution in [3.63, 3.8) is 0 Å². The molecule has 0 fully saturated rings. The van der Waals surface area contributed by atoms with Crippen molar-refractivity contribution in [1.29, 1.82) is 10.5 Å². The van der Waals surface area contributed by atoms with Crippen molar-refractivity contribution in [2.45, 2.75) is 52.4 Å². The van der Waals surface area contributed by atoms with Gasteiger partial charge in [0.2, 0.25) is 0 Å². The van der Waals surface area contributed by atoms with E-state index in [0.29, 0.717) is 11.1 Å². The number of rotatable bonds is 9. The molecule has 166 valence electrons. The number of nitrogens with zero attached hydrogens (tertiary/aromatic N) is 2. The molecule has 0 atom stereocenters. The summed E-state index contributed by atoms with van der Waals surface area (Å²) in [5.41, 5.74) is 4.80. The van der Waals surface area contributed by atoms with Crippen LogP contribution in [0.2, 0.25) is 0 Å². The van der Waals surface area contributed by atoms with Gasteiger partial charge in [-0.3, -0.25) is 0 Å². The van der Waals surface area contributed by atoms with Crippen LogP contribution in [0.15, 0.2) is 60.7 Å². The van der Waals surface area contributed by atoms with Gasteiger partial charge in [-0.05, 0) is 60.2 Å². The Morgan fingerprint density at radius 1 is 0.788 bits per heavy atom. The first-order valence-corrected chi connectivity index (χ1v) is 11.4. The van der Waals surface area contributed by atoms with Gasteiger partial charge in [0.1, 0.15) is 23.5 Å². The van der Waals surface area contributed by atoms with Gasteiger partial charge in [-0.15, -0.1) is 0 Å². The first-order valence-electron chi connectivity index (χ1n) is 11.4. The second-order valence-corrected chi connectivity index (χ2v) is 8.18. The normalized spacial score (nSPS) is 10.3. The lowest BCUT2D eigenvalue weighted by molar-refractivity contribution is 0.0734. The molecule has 0 amide bonds. The zero-order valence-electron chi connectivity index (χ0n) is 19.2. The van der Waals surface area contributed by atoms with Crippen LogP contribution in [0.5, 0.6) is 5.75 Å². The third-order valence-corrected chi connectivity index (χ3v) is 5.78. The average molecular weight is 437 g/mol. The summed E-state index contributed by atoms with van der Waals surface area (Å²) >= 11 is 0. The molecule has 3 aromatic rings. The minimum atomic E-state index is -0.566. The molecule has 3 aromatic carbocycles. The first kappa shape index (κ1) is 23.8. The Balaban J connectivity index is 1.65. The predicted molar refractivity (Wildman–Crippen MR) is 130 cm³/mol. The SMILES string of the molecule is CCCCCCCc1ccc(-c2ccc(C(=O)Oc3ccc(C)c(C#N)c3C#N)cc2)cc1. The van der Waals surface area contributed by atoms with Gasteiger partial charge >= 0.3 is 5.97 Å². The summed E-state index contributed by atoms with van der Waals surface area (Å²) in [5.74, 6) is -0.469. The number of carbonyl (C=O) groups is 1. The van der Waals surface area contributed by atoms with Crippen LogP contribution in [0.4, 0.5) is 0 Å². The Morgan fingerprint density at radius 2 is 1.39 bits per heavy atom. The van der Waals surface area contributed by atoms with Gasteiger partial charge in [0.05, 0.1) is 11.1 Å². The van der Waals surface area contributed by atoms with Crippen LogP contribution in [0, 0.1) is 29.6 Å². The highest BCUT2D eigenvalue weighted by Crippen LogP contribution is 2.26. The van der Waals surface area contributed by atoms with Gasteiger partial charge < -0.3 is 4.74 Å². The van der Waals surface area contributed by atoms with Crippen molar-refractivity contribution in [2.24, 2.45) is 0 Å². The molecule has 0 aromatic heterocycles. The van der Waals surface area contributed by atoms with Crippen LogP contribution in [0.3, 0.4) is 0 Å². The summed E-state index contributed by atoms with van der Waals surface area (Å²) in [6, 6.07) is 23.0. The number of carbonyl (C=O) groups excluding carboxylic acids is 1. The van der Waals surface area contributed by atoms with Crippen molar-refractivity contribution in [2.75, 3.05) is 0 Å². The van der Waals surface area contributed by atoms with Gasteiger partial charge in [-0.2, -0.15) is 10.5 Å². The van der Waals surface area contributed by atoms with E-state index in [1.54, 1.807) is 31.2 Å². The molecule has 0 saturated heterocycles. The van der Waals surface area contributed by atoms with Gasteiger partial charge in [-0.25, -0.2) is 4.79 Å². The van der Waals surface area contributed by atoms with Gasteiger partial charge in [-0.1, -0.05) is 75.1 Å². The van der Waals surface area contributed by atoms with Crippen molar-refractivity contribution in [1.82, 2.24) is 0 Å². The van der Waals surface area contributed by atoms with E-state index in [2.05, 4.69) is 31.2 Å². The number of nitriles is 2. The highest BCUT2D eigenvalue weighted by Gasteiger charge is 2.16. The molecule has 0 radical (unpaired) electrons. The number of hydrogen-bond donors (Lipinski definition) is 0. The lowest BCUT2D eigenvalue weighted by Crippen LogP contribution is -2.10. The Labute approximate surface area is 196 Å². The molecule has 4 nitrogen and oxygen atoms in total. The molecule has 0 bridgehead atoms. The van der Waals surface area contributed by atoms with Crippen molar-refractivity contribution in [3.8, 4) is 29.0 Å². The molecule has 0 spiro atoms. The summed E-state index contributed by atoms with van der Waals surface area (Å²) in [6.07, 6.45) is 7.49. The van der Waals surface area contributed by atoms with Crippen LogP contribution in [-0.2, 0) is 6.42 Å². The molecular formula is C29H28N2O2. The average Bonchev–Trinajstić information content (AvgIpc) is 2.85. The van der Waals surface area contributed by atoms with E-state index in [1.165, 1.54) is 37.7 Å². The van der Waals surface area contributed by atoms with E-state index >= 15 is 0 Å². The van der Waals surface area contributed by atoms with Crippen molar-refractivity contribution in [3.05, 3.63) is 88.5 Å². The lowest BCUT2D eigenvalue weighted by Gasteiger charge is -2.09. The predicted octanol–water partition coefficient (Wildman–Crippen LogP) is 7.14. The Bertz CT molecular complexity index is 1180. The second kappa shape index (κ2) is 11.7. The van der Waals surface area contributed by atoms with Crippen LogP contribution < -0.4 is 4.74 Å². The standard InChI is InChI=1S/C29H28N2O2/c1-3-4-5-6-7-8-22-10-12-23(13-11-22)24-14-16-25(17-15-24)29(32)33-28-18-9-21(2)26(19-30)27(28)20-31/h9-18H,3-8H2,1-2H3. The maximum Gasteiger partial charge on any atom is 0.343 e. The zero-order chi connectivity index (χ0) is 23.6. The summed E-state index contributed by atoms with van der Waals surface area (Å²) in [5, 5.41) is 18.7. The summed E-state index contributed by atoms with van der Waals surface area (Å²) in [6.45, 7) is 3.97. The number of unbranched alkanes of at least 4 members (excludes halogenated alkanes) is 4. The van der Waals surface area contributed by atoms with Gasteiger partial charge in [0.15, 0.2) is 0 Å². The monoisotopic (exact) mass is 436 g/mol. The molecule has 33 heavy (non-hydrogen) atoms. The molecule has 0 aliphatic rings. The number of ether oxygens (including phenoxy) is 1. The quantitative estimate of drug-likeness (QED) is 0.203. The number of benzene rings is 3. The molecule has 0 heterocycles. The topological polar surface area (TPSA) is 73.9 Å². The zero-order valence-corrected chi connectivity index (χ0v) is 19.2. The first-order chi connectivity index (χ1) is 16.1. The molecule has 0 unspecified atom stereocenters. The Morgan fingerprint density at radius 3 is 2.00 bits per heavy atom. The molecular weight excluding hydrogens is 408 g/mol. The van der Waals surface area contributed by atoms with Crippen LogP contribution in [0.25, 0.3) is 11.1 Å². The lowest BCUT2D eigenvalue weighted by atomic mass is 10.00. The fourth-order valence-corrected chi connectivity index (χ4v) is 3.78. The van der Waals surface area contributed by atoms with Gasteiger partial charge in [0.25, 0.3) is 0 Å². The maximum absolute atomic E-state index is 12.6. The highest BCUT2D eigenvalue weighted by atomic mass is 16.5. The van der Waals surface area contributed by atoms with E-state index in [0.717, 1.165) is 17.5 Å². The van der Waals surface area contributed by atoms with Gasteiger partial charge in [0, 0.05) is 0 Å². The summed E-state index contributed by atoms with van der Waals surface area (Å²) in [7, 11) is 0. The Kier molecular flexibility index (Phi) is 8.39. The van der Waals surface area contributed by atoms with Crippen molar-refractivity contribution >= 4 is 5.97 Å². The minimum Gasteiger partial charge on any atom is -0.421 e. The molecule has 0 N–H and O–H groups in total. The van der Waals surface area contributed by atoms with E-state index in [-0.39, 0.29) is 16.9 Å². The second-order valence-electron chi connectivity index (χ2n) is 8.18. The third kappa shape index (κ3) is 6.09. The largest absolute Gasteiger partial charge is 0.421 e. The third-order valence-electron chi connectivity index (χ3n) is 5.78. The fraction of sp³-hybridized carbons (Fsp3) is 0.276. The Hall–Kier alpha value is -3.89. The highest BCUT2D eigenvalue weighted by molar-refractivity contribution is 5.92. The summed E-state index contributed by atoms with van der Waals surface area (Å²) < 4.78 is 5.43. The van der Waals surface area contributed by atoms with E-state index in [1.807, 2.05) is 24.3 Å². The summed E-state index contributed by atoms with van der Waals surface area (Å²) in [4.78, 5) is 12.6. The minimum absolute atomic E-state index is 0.0768. The molecule has 0 aliphatic carbocycles. The van der Waals surface area contributed by atoms with Crippen LogP contribution in [-0.4, -0.2) is 5.97 Å². The number of esters is 1. The number of hydrogen-bond acceptors (Lipinski definition) is 4. The molecule has 3 rings (SSSR count). The smallest absolute Gasteiger partial charge is 0.343 e. The molecule has 4 heteroatoms. The van der Waals surface area contributed by atoms with E-state index in [9.17, 15) is 15.3 Å². The fourth-order valence-electron chi connectivity index (χ4n) is 3.78. The molecule has 0 saturated carbocycles. The van der Waals surface area contributed by atoms with Crippen LogP contribution in [0.1, 0.15) is 71.6 Å². The van der Waals surface area contributed by atoms with E-state index < -0.39 is 5.97 Å². The maximum atomic E-state index is 12.6. The molecule has 0 aliphatic heterocycles. The van der Waals surface area contributed by atoms with Crippen molar-refractivity contribution < 1.29 is 9.53 Å². The van der Waals surface area contributed by atoms with E-state index in [4.69, 9.17) is 4.74 Å². The number of aryl methyl sites for hydroxylation is 2. The van der Waals surface area contributed by atoms with Crippen LogP contribution >= 0.6 is 0 Å².